The smallest absolute Gasteiger partial charge is 0.254 e. The van der Waals surface area contributed by atoms with Gasteiger partial charge in [-0.15, -0.1) is 0 Å². The highest BCUT2D eigenvalue weighted by Crippen LogP contribution is 2.22. The van der Waals surface area contributed by atoms with Crippen LogP contribution in [-0.4, -0.2) is 35.9 Å². The standard InChI is InChI=1S/C16H21N3O/c1-5-11(2)19(4)16(20)13-10-15(17-3)18-14-9-7-6-8-12(13)14/h6-11H,5H2,1-4H3,(H,17,18). The Bertz CT molecular complexity index is 624. The summed E-state index contributed by atoms with van der Waals surface area (Å²) < 4.78 is 0. The van der Waals surface area contributed by atoms with Crippen molar-refractivity contribution < 1.29 is 4.79 Å². The molecule has 1 unspecified atom stereocenters. The molecule has 2 aromatic rings. The third-order valence-electron chi connectivity index (χ3n) is 3.78. The Hall–Kier alpha value is -2.10. The van der Waals surface area contributed by atoms with Gasteiger partial charge in [0, 0.05) is 25.5 Å². The topological polar surface area (TPSA) is 45.2 Å². The lowest BCUT2D eigenvalue weighted by Gasteiger charge is -2.24. The van der Waals surface area contributed by atoms with Gasteiger partial charge in [0.05, 0.1) is 11.1 Å². The Morgan fingerprint density at radius 3 is 2.75 bits per heavy atom. The first-order chi connectivity index (χ1) is 9.58. The number of para-hydroxylation sites is 1. The van der Waals surface area contributed by atoms with Crippen LogP contribution >= 0.6 is 0 Å². The van der Waals surface area contributed by atoms with Crippen molar-refractivity contribution in [1.29, 1.82) is 0 Å². The van der Waals surface area contributed by atoms with Crippen molar-refractivity contribution in [2.45, 2.75) is 26.3 Å². The maximum atomic E-state index is 12.7. The highest BCUT2D eigenvalue weighted by molar-refractivity contribution is 6.06. The van der Waals surface area contributed by atoms with Crippen LogP contribution < -0.4 is 5.32 Å². The van der Waals surface area contributed by atoms with E-state index in [0.29, 0.717) is 11.4 Å². The number of carbonyl (C=O) groups excluding carboxylic acids is 1. The van der Waals surface area contributed by atoms with Gasteiger partial charge in [-0.05, 0) is 25.5 Å². The van der Waals surface area contributed by atoms with Gasteiger partial charge in [0.1, 0.15) is 5.82 Å². The third kappa shape index (κ3) is 2.59. The zero-order valence-corrected chi connectivity index (χ0v) is 12.5. The molecule has 0 spiro atoms. The van der Waals surface area contributed by atoms with Crippen molar-refractivity contribution in [2.75, 3.05) is 19.4 Å². The van der Waals surface area contributed by atoms with Crippen LogP contribution in [0.5, 0.6) is 0 Å². The first-order valence-electron chi connectivity index (χ1n) is 6.93. The number of pyridine rings is 1. The van der Waals surface area contributed by atoms with Gasteiger partial charge in [-0.2, -0.15) is 0 Å². The number of hydrogen-bond donors (Lipinski definition) is 1. The monoisotopic (exact) mass is 271 g/mol. The molecule has 0 aliphatic carbocycles. The first kappa shape index (κ1) is 14.3. The molecule has 1 aromatic carbocycles. The molecule has 1 atom stereocenters. The molecule has 20 heavy (non-hydrogen) atoms. The quantitative estimate of drug-likeness (QED) is 0.929. The zero-order valence-electron chi connectivity index (χ0n) is 12.5. The molecule has 4 nitrogen and oxygen atoms in total. The highest BCUT2D eigenvalue weighted by atomic mass is 16.2. The Morgan fingerprint density at radius 1 is 1.40 bits per heavy atom. The van der Waals surface area contributed by atoms with Gasteiger partial charge < -0.3 is 10.2 Å². The summed E-state index contributed by atoms with van der Waals surface area (Å²) in [5.41, 5.74) is 1.53. The predicted molar refractivity (Wildman–Crippen MR) is 83.1 cm³/mol. The normalized spacial score (nSPS) is 12.2. The maximum absolute atomic E-state index is 12.7. The molecule has 0 radical (unpaired) electrons. The number of aromatic nitrogens is 1. The van der Waals surface area contributed by atoms with Crippen molar-refractivity contribution in [3.63, 3.8) is 0 Å². The zero-order chi connectivity index (χ0) is 14.7. The number of hydrogen-bond acceptors (Lipinski definition) is 3. The van der Waals surface area contributed by atoms with E-state index in [1.807, 2.05) is 44.4 Å². The van der Waals surface area contributed by atoms with Crippen LogP contribution in [0, 0.1) is 0 Å². The van der Waals surface area contributed by atoms with E-state index in [-0.39, 0.29) is 11.9 Å². The molecule has 4 heteroatoms. The molecular weight excluding hydrogens is 250 g/mol. The molecule has 2 rings (SSSR count). The third-order valence-corrected chi connectivity index (χ3v) is 3.78. The SMILES string of the molecule is CCC(C)N(C)C(=O)c1cc(NC)nc2ccccc12. The van der Waals surface area contributed by atoms with Crippen molar-refractivity contribution in [2.24, 2.45) is 0 Å². The fraction of sp³-hybridized carbons (Fsp3) is 0.375. The lowest BCUT2D eigenvalue weighted by atomic mass is 10.1. The van der Waals surface area contributed by atoms with E-state index in [1.54, 1.807) is 4.90 Å². The fourth-order valence-electron chi connectivity index (χ4n) is 2.14. The largest absolute Gasteiger partial charge is 0.373 e. The molecular formula is C16H21N3O. The number of anilines is 1. The van der Waals surface area contributed by atoms with E-state index >= 15 is 0 Å². The van der Waals surface area contributed by atoms with Crippen molar-refractivity contribution in [3.8, 4) is 0 Å². The van der Waals surface area contributed by atoms with E-state index in [4.69, 9.17) is 0 Å². The van der Waals surface area contributed by atoms with Crippen molar-refractivity contribution in [3.05, 3.63) is 35.9 Å². The van der Waals surface area contributed by atoms with Crippen LogP contribution in [0.3, 0.4) is 0 Å². The number of nitrogens with one attached hydrogen (secondary N) is 1. The minimum Gasteiger partial charge on any atom is -0.373 e. The number of amides is 1. The second-order valence-corrected chi connectivity index (χ2v) is 5.00. The summed E-state index contributed by atoms with van der Waals surface area (Å²) >= 11 is 0. The first-order valence-corrected chi connectivity index (χ1v) is 6.93. The van der Waals surface area contributed by atoms with Gasteiger partial charge in [-0.1, -0.05) is 25.1 Å². The number of rotatable bonds is 4. The molecule has 0 saturated heterocycles. The van der Waals surface area contributed by atoms with Crippen molar-refractivity contribution in [1.82, 2.24) is 9.88 Å². The summed E-state index contributed by atoms with van der Waals surface area (Å²) in [5, 5.41) is 3.91. The Kier molecular flexibility index (Phi) is 4.23. The summed E-state index contributed by atoms with van der Waals surface area (Å²) in [4.78, 5) is 19.0. The molecule has 0 bridgehead atoms. The van der Waals surface area contributed by atoms with Gasteiger partial charge in [0.25, 0.3) is 5.91 Å². The van der Waals surface area contributed by atoms with Crippen LogP contribution in [0.15, 0.2) is 30.3 Å². The maximum Gasteiger partial charge on any atom is 0.254 e. The van der Waals surface area contributed by atoms with Gasteiger partial charge in [-0.25, -0.2) is 4.98 Å². The molecule has 0 fully saturated rings. The average molecular weight is 271 g/mol. The number of benzene rings is 1. The van der Waals surface area contributed by atoms with Crippen LogP contribution in [0.2, 0.25) is 0 Å². The summed E-state index contributed by atoms with van der Waals surface area (Å²) in [6.45, 7) is 4.14. The van der Waals surface area contributed by atoms with E-state index in [2.05, 4.69) is 24.1 Å². The minimum atomic E-state index is 0.0365. The van der Waals surface area contributed by atoms with Crippen LogP contribution in [0.25, 0.3) is 10.9 Å². The van der Waals surface area contributed by atoms with E-state index in [1.165, 1.54) is 0 Å². The molecule has 1 amide bonds. The van der Waals surface area contributed by atoms with Gasteiger partial charge in [0.2, 0.25) is 0 Å². The summed E-state index contributed by atoms with van der Waals surface area (Å²) in [6.07, 6.45) is 0.935. The minimum absolute atomic E-state index is 0.0365. The van der Waals surface area contributed by atoms with E-state index in [0.717, 1.165) is 17.3 Å². The van der Waals surface area contributed by atoms with E-state index in [9.17, 15) is 4.79 Å². The lowest BCUT2D eigenvalue weighted by molar-refractivity contribution is 0.0742. The molecule has 0 aliphatic heterocycles. The Morgan fingerprint density at radius 2 is 2.10 bits per heavy atom. The molecule has 1 N–H and O–H groups in total. The van der Waals surface area contributed by atoms with Gasteiger partial charge in [0.15, 0.2) is 0 Å². The Balaban J connectivity index is 2.54. The summed E-state index contributed by atoms with van der Waals surface area (Å²) in [5.74, 6) is 0.749. The van der Waals surface area contributed by atoms with Crippen LogP contribution in [-0.2, 0) is 0 Å². The number of nitrogens with zero attached hydrogens (tertiary/aromatic N) is 2. The molecule has 1 aromatic heterocycles. The second kappa shape index (κ2) is 5.90. The lowest BCUT2D eigenvalue weighted by Crippen LogP contribution is -2.34. The molecule has 0 aliphatic rings. The average Bonchev–Trinajstić information content (AvgIpc) is 2.51. The summed E-state index contributed by atoms with van der Waals surface area (Å²) in [7, 11) is 3.66. The van der Waals surface area contributed by atoms with Crippen LogP contribution in [0.4, 0.5) is 5.82 Å². The van der Waals surface area contributed by atoms with Crippen LogP contribution in [0.1, 0.15) is 30.6 Å². The van der Waals surface area contributed by atoms with E-state index < -0.39 is 0 Å². The second-order valence-electron chi connectivity index (χ2n) is 5.00. The van der Waals surface area contributed by atoms with Gasteiger partial charge >= 0.3 is 0 Å². The predicted octanol–water partition coefficient (Wildman–Crippen LogP) is 3.15. The van der Waals surface area contributed by atoms with Gasteiger partial charge in [-0.3, -0.25) is 4.79 Å². The fourth-order valence-corrected chi connectivity index (χ4v) is 2.14. The van der Waals surface area contributed by atoms with Crippen molar-refractivity contribution >= 4 is 22.6 Å². The highest BCUT2D eigenvalue weighted by Gasteiger charge is 2.19. The molecule has 1 heterocycles. The number of fused-ring (bicyclic) bond motifs is 1. The molecule has 0 saturated carbocycles. The number of carbonyl (C=O) groups is 1. The Labute approximate surface area is 119 Å². The molecule has 106 valence electrons. The summed E-state index contributed by atoms with van der Waals surface area (Å²) in [6, 6.07) is 9.77.